The Balaban J connectivity index is 1.61. The first-order valence-electron chi connectivity index (χ1n) is 8.59. The number of nitrogens with one attached hydrogen (secondary N) is 1. The third-order valence-corrected chi connectivity index (χ3v) is 4.97. The lowest BCUT2D eigenvalue weighted by Gasteiger charge is -2.40. The van der Waals surface area contributed by atoms with E-state index in [-0.39, 0.29) is 11.3 Å². The molecule has 0 aromatic carbocycles. The summed E-state index contributed by atoms with van der Waals surface area (Å²) < 4.78 is 1.55. The molecule has 4 heterocycles. The molecule has 0 saturated carbocycles. The maximum Gasteiger partial charge on any atom is 0.250 e. The van der Waals surface area contributed by atoms with Crippen LogP contribution in [0, 0.1) is 5.92 Å². The van der Waals surface area contributed by atoms with Gasteiger partial charge < -0.3 is 14.5 Å². The Bertz CT molecular complexity index is 1060. The summed E-state index contributed by atoms with van der Waals surface area (Å²) in [6, 6.07) is 5.66. The van der Waals surface area contributed by atoms with Gasteiger partial charge in [-0.1, -0.05) is 6.58 Å². The Morgan fingerprint density at radius 1 is 1.42 bits per heavy atom. The number of hydrogen-bond acceptors (Lipinski definition) is 4. The summed E-state index contributed by atoms with van der Waals surface area (Å²) >= 11 is 0. The lowest BCUT2D eigenvalue weighted by Crippen LogP contribution is -2.47. The van der Waals surface area contributed by atoms with E-state index in [9.17, 15) is 9.59 Å². The minimum atomic E-state index is -0.0431. The normalized spacial score (nSPS) is 14.4. The van der Waals surface area contributed by atoms with Crippen LogP contribution in [-0.2, 0) is 11.8 Å². The van der Waals surface area contributed by atoms with Crippen LogP contribution >= 0.6 is 0 Å². The summed E-state index contributed by atoms with van der Waals surface area (Å²) in [5.74, 6) is 0.473. The van der Waals surface area contributed by atoms with Crippen LogP contribution < -0.4 is 10.5 Å². The van der Waals surface area contributed by atoms with E-state index in [0.717, 1.165) is 40.9 Å². The van der Waals surface area contributed by atoms with Gasteiger partial charge in [0.15, 0.2) is 5.78 Å². The lowest BCUT2D eigenvalue weighted by molar-refractivity contribution is -0.115. The van der Waals surface area contributed by atoms with E-state index < -0.39 is 0 Å². The van der Waals surface area contributed by atoms with Crippen LogP contribution in [0.25, 0.3) is 22.2 Å². The molecule has 0 unspecified atom stereocenters. The molecule has 0 aliphatic carbocycles. The zero-order chi connectivity index (χ0) is 18.3. The average Bonchev–Trinajstić information content (AvgIpc) is 3.03. The Kier molecular flexibility index (Phi) is 3.95. The van der Waals surface area contributed by atoms with Crippen molar-refractivity contribution < 1.29 is 4.79 Å². The van der Waals surface area contributed by atoms with Crippen molar-refractivity contribution in [3.8, 4) is 11.1 Å². The number of aromatic amines is 1. The number of anilines is 1. The Hall–Kier alpha value is -3.15. The number of pyridine rings is 2. The number of carbonyl (C=O) groups is 1. The molecule has 26 heavy (non-hydrogen) atoms. The number of nitrogens with zero attached hydrogens (tertiary/aromatic N) is 3. The minimum Gasteiger partial charge on any atom is -0.370 e. The van der Waals surface area contributed by atoms with Gasteiger partial charge in [0.2, 0.25) is 0 Å². The van der Waals surface area contributed by atoms with Crippen molar-refractivity contribution in [2.75, 3.05) is 18.0 Å². The number of allylic oxidation sites excluding steroid dienone is 1. The first kappa shape index (κ1) is 16.3. The molecule has 6 heteroatoms. The fraction of sp³-hybridized carbons (Fsp3) is 0.250. The summed E-state index contributed by atoms with van der Waals surface area (Å²) in [6.07, 6.45) is 7.45. The van der Waals surface area contributed by atoms with Crippen molar-refractivity contribution in [2.45, 2.75) is 6.42 Å². The van der Waals surface area contributed by atoms with E-state index in [0.29, 0.717) is 12.3 Å². The number of aryl methyl sites for hydroxylation is 1. The highest BCUT2D eigenvalue weighted by atomic mass is 16.1. The van der Waals surface area contributed by atoms with Crippen molar-refractivity contribution in [1.29, 1.82) is 0 Å². The van der Waals surface area contributed by atoms with E-state index in [2.05, 4.69) is 27.5 Å². The molecule has 6 nitrogen and oxygen atoms in total. The Morgan fingerprint density at radius 2 is 2.23 bits per heavy atom. The Morgan fingerprint density at radius 3 is 2.96 bits per heavy atom. The van der Waals surface area contributed by atoms with Gasteiger partial charge in [0.05, 0.1) is 11.9 Å². The summed E-state index contributed by atoms with van der Waals surface area (Å²) in [6.45, 7) is 5.22. The molecule has 1 aliphatic rings. The molecule has 1 saturated heterocycles. The van der Waals surface area contributed by atoms with E-state index in [4.69, 9.17) is 0 Å². The number of ketones is 1. The third-order valence-electron chi connectivity index (χ3n) is 4.97. The SMILES string of the molecule is C=CC(=O)CC1CN(c2cnc3[nH]cc(-c4ccn(C)c(=O)c4)c3c2)C1. The monoisotopic (exact) mass is 348 g/mol. The fourth-order valence-electron chi connectivity index (χ4n) is 3.40. The van der Waals surface area contributed by atoms with E-state index in [1.165, 1.54) is 6.08 Å². The van der Waals surface area contributed by atoms with Crippen LogP contribution in [0.3, 0.4) is 0 Å². The molecule has 1 fully saturated rings. The second kappa shape index (κ2) is 6.29. The van der Waals surface area contributed by atoms with Crippen LogP contribution in [0.2, 0.25) is 0 Å². The molecule has 0 spiro atoms. The van der Waals surface area contributed by atoms with Gasteiger partial charge in [-0.15, -0.1) is 0 Å². The quantitative estimate of drug-likeness (QED) is 0.719. The van der Waals surface area contributed by atoms with Crippen molar-refractivity contribution >= 4 is 22.5 Å². The van der Waals surface area contributed by atoms with Gasteiger partial charge >= 0.3 is 0 Å². The topological polar surface area (TPSA) is 71.0 Å². The van der Waals surface area contributed by atoms with Gasteiger partial charge in [0.25, 0.3) is 5.56 Å². The summed E-state index contributed by atoms with van der Waals surface area (Å²) in [5, 5.41) is 0.987. The van der Waals surface area contributed by atoms with Gasteiger partial charge in [-0.05, 0) is 23.8 Å². The van der Waals surface area contributed by atoms with Crippen LogP contribution in [0.4, 0.5) is 5.69 Å². The highest BCUT2D eigenvalue weighted by Gasteiger charge is 2.28. The molecule has 1 N–H and O–H groups in total. The second-order valence-corrected chi connectivity index (χ2v) is 6.80. The van der Waals surface area contributed by atoms with E-state index in [1.54, 1.807) is 23.9 Å². The summed E-state index contributed by atoms with van der Waals surface area (Å²) in [4.78, 5) is 33.3. The summed E-state index contributed by atoms with van der Waals surface area (Å²) in [5.41, 5.74) is 3.62. The molecular weight excluding hydrogens is 328 g/mol. The maximum absolute atomic E-state index is 11.9. The Labute approximate surface area is 150 Å². The van der Waals surface area contributed by atoms with Gasteiger partial charge in [-0.2, -0.15) is 0 Å². The molecule has 1 aliphatic heterocycles. The zero-order valence-electron chi connectivity index (χ0n) is 14.6. The molecule has 3 aromatic heterocycles. The van der Waals surface area contributed by atoms with Crippen molar-refractivity contribution in [2.24, 2.45) is 13.0 Å². The number of hydrogen-bond donors (Lipinski definition) is 1. The van der Waals surface area contributed by atoms with Crippen LogP contribution in [0.15, 0.2) is 54.2 Å². The average molecular weight is 348 g/mol. The number of fused-ring (bicyclic) bond motifs is 1. The van der Waals surface area contributed by atoms with Crippen LogP contribution in [0.5, 0.6) is 0 Å². The third kappa shape index (κ3) is 2.83. The molecule has 3 aromatic rings. The molecule has 132 valence electrons. The lowest BCUT2D eigenvalue weighted by atomic mass is 9.93. The minimum absolute atomic E-state index is 0.0431. The van der Waals surface area contributed by atoms with Crippen LogP contribution in [-0.4, -0.2) is 33.4 Å². The zero-order valence-corrected chi connectivity index (χ0v) is 14.6. The predicted octanol–water partition coefficient (Wildman–Crippen LogP) is 2.51. The molecule has 4 rings (SSSR count). The molecule has 0 amide bonds. The highest BCUT2D eigenvalue weighted by molar-refractivity contribution is 5.95. The second-order valence-electron chi connectivity index (χ2n) is 6.80. The molecule has 0 bridgehead atoms. The van der Waals surface area contributed by atoms with Crippen molar-refractivity contribution in [3.63, 3.8) is 0 Å². The van der Waals surface area contributed by atoms with E-state index in [1.807, 2.05) is 18.5 Å². The number of carbonyl (C=O) groups excluding carboxylic acids is 1. The van der Waals surface area contributed by atoms with Crippen molar-refractivity contribution in [1.82, 2.24) is 14.5 Å². The van der Waals surface area contributed by atoms with Gasteiger partial charge in [-0.3, -0.25) is 9.59 Å². The van der Waals surface area contributed by atoms with E-state index >= 15 is 0 Å². The van der Waals surface area contributed by atoms with Gasteiger partial charge in [0.1, 0.15) is 5.65 Å². The van der Waals surface area contributed by atoms with Crippen LogP contribution in [0.1, 0.15) is 6.42 Å². The highest BCUT2D eigenvalue weighted by Crippen LogP contribution is 2.32. The number of rotatable bonds is 5. The predicted molar refractivity (Wildman–Crippen MR) is 102 cm³/mol. The van der Waals surface area contributed by atoms with Crippen molar-refractivity contribution in [3.05, 3.63) is 59.8 Å². The fourth-order valence-corrected chi connectivity index (χ4v) is 3.40. The first-order valence-corrected chi connectivity index (χ1v) is 8.59. The number of H-pyrrole nitrogens is 1. The molecule has 0 atom stereocenters. The molecule has 0 radical (unpaired) electrons. The molecular formula is C20H20N4O2. The largest absolute Gasteiger partial charge is 0.370 e. The summed E-state index contributed by atoms with van der Waals surface area (Å²) in [7, 11) is 1.73. The van der Waals surface area contributed by atoms with Gasteiger partial charge in [0, 0.05) is 61.9 Å². The standard InChI is InChI=1S/C20H20N4O2/c1-3-16(25)6-13-11-24(12-13)15-8-17-18(10-22-20(17)21-9-15)14-4-5-23(2)19(26)7-14/h3-5,7-10,13H,1,6,11-12H2,2H3,(H,21,22). The maximum atomic E-state index is 11.9. The van der Waals surface area contributed by atoms with Gasteiger partial charge in [-0.25, -0.2) is 4.98 Å². The smallest absolute Gasteiger partial charge is 0.250 e. The number of aromatic nitrogens is 3. The first-order chi connectivity index (χ1) is 12.5.